The van der Waals surface area contributed by atoms with Crippen molar-refractivity contribution in [1.82, 2.24) is 20.3 Å². The minimum absolute atomic E-state index is 0.144. The topological polar surface area (TPSA) is 77.0 Å². The highest BCUT2D eigenvalue weighted by Gasteiger charge is 2.20. The molecule has 6 nitrogen and oxygen atoms in total. The summed E-state index contributed by atoms with van der Waals surface area (Å²) in [7, 11) is 0. The number of carbonyl (C=O) groups excluding carboxylic acids is 1. The SMILES string of the molecule is O=C(NCC1COC1)c1ccnc2nccnc12. The Bertz CT molecular complexity index is 578. The van der Waals surface area contributed by atoms with Gasteiger partial charge in [-0.25, -0.2) is 9.97 Å². The summed E-state index contributed by atoms with van der Waals surface area (Å²) in [5.74, 6) is 0.280. The molecule has 1 saturated heterocycles. The monoisotopic (exact) mass is 244 g/mol. The zero-order valence-corrected chi connectivity index (χ0v) is 9.67. The van der Waals surface area contributed by atoms with E-state index in [2.05, 4.69) is 20.3 Å². The molecule has 0 atom stereocenters. The number of pyridine rings is 1. The Kier molecular flexibility index (Phi) is 2.85. The normalized spacial score (nSPS) is 15.3. The summed E-state index contributed by atoms with van der Waals surface area (Å²) < 4.78 is 5.06. The maximum absolute atomic E-state index is 12.1. The maximum Gasteiger partial charge on any atom is 0.253 e. The molecule has 92 valence electrons. The molecule has 0 radical (unpaired) electrons. The lowest BCUT2D eigenvalue weighted by atomic mass is 10.1. The van der Waals surface area contributed by atoms with Gasteiger partial charge in [-0.05, 0) is 6.07 Å². The fourth-order valence-electron chi connectivity index (χ4n) is 1.79. The van der Waals surface area contributed by atoms with Gasteiger partial charge in [0.1, 0.15) is 5.52 Å². The summed E-state index contributed by atoms with van der Waals surface area (Å²) in [4.78, 5) is 24.4. The van der Waals surface area contributed by atoms with E-state index < -0.39 is 0 Å². The van der Waals surface area contributed by atoms with Gasteiger partial charge < -0.3 is 10.1 Å². The van der Waals surface area contributed by atoms with Crippen molar-refractivity contribution in [1.29, 1.82) is 0 Å². The van der Waals surface area contributed by atoms with Crippen LogP contribution in [0.2, 0.25) is 0 Å². The molecule has 0 saturated carbocycles. The van der Waals surface area contributed by atoms with Crippen LogP contribution >= 0.6 is 0 Å². The summed E-state index contributed by atoms with van der Waals surface area (Å²) in [5, 5.41) is 2.88. The van der Waals surface area contributed by atoms with Gasteiger partial charge in [-0.15, -0.1) is 0 Å². The van der Waals surface area contributed by atoms with Crippen LogP contribution in [0.1, 0.15) is 10.4 Å². The van der Waals surface area contributed by atoms with Gasteiger partial charge in [-0.1, -0.05) is 0 Å². The van der Waals surface area contributed by atoms with Crippen LogP contribution in [0.15, 0.2) is 24.7 Å². The van der Waals surface area contributed by atoms with Crippen molar-refractivity contribution in [2.45, 2.75) is 0 Å². The standard InChI is InChI=1S/C12H12N4O2/c17-12(16-5-8-6-18-7-8)9-1-2-14-11-10(9)13-3-4-15-11/h1-4,8H,5-7H2,(H,16,17). The van der Waals surface area contributed by atoms with E-state index in [9.17, 15) is 4.79 Å². The first kappa shape index (κ1) is 11.0. The molecule has 0 spiro atoms. The zero-order chi connectivity index (χ0) is 12.4. The number of aromatic nitrogens is 3. The molecule has 1 amide bonds. The number of carbonyl (C=O) groups is 1. The first-order valence-electron chi connectivity index (χ1n) is 5.76. The number of hydrogen-bond acceptors (Lipinski definition) is 5. The molecule has 0 aromatic carbocycles. The number of fused-ring (bicyclic) bond motifs is 1. The molecule has 3 heterocycles. The molecule has 18 heavy (non-hydrogen) atoms. The summed E-state index contributed by atoms with van der Waals surface area (Å²) in [6.07, 6.45) is 4.68. The van der Waals surface area contributed by atoms with E-state index in [4.69, 9.17) is 4.74 Å². The van der Waals surface area contributed by atoms with Gasteiger partial charge in [0.15, 0.2) is 5.65 Å². The summed E-state index contributed by atoms with van der Waals surface area (Å²) in [5.41, 5.74) is 1.52. The molecule has 0 aliphatic carbocycles. The quantitative estimate of drug-likeness (QED) is 0.845. The first-order chi connectivity index (χ1) is 8.84. The maximum atomic E-state index is 12.1. The molecule has 1 N–H and O–H groups in total. The van der Waals surface area contributed by atoms with Crippen LogP contribution in [0.4, 0.5) is 0 Å². The van der Waals surface area contributed by atoms with Crippen molar-refractivity contribution < 1.29 is 9.53 Å². The second-order valence-corrected chi connectivity index (χ2v) is 4.20. The van der Waals surface area contributed by atoms with Gasteiger partial charge in [0.25, 0.3) is 5.91 Å². The smallest absolute Gasteiger partial charge is 0.253 e. The third-order valence-corrected chi connectivity index (χ3v) is 2.88. The molecule has 2 aromatic heterocycles. The third kappa shape index (κ3) is 2.02. The fourth-order valence-corrected chi connectivity index (χ4v) is 1.79. The van der Waals surface area contributed by atoms with Crippen LogP contribution in [-0.4, -0.2) is 40.6 Å². The molecule has 0 bridgehead atoms. The van der Waals surface area contributed by atoms with Gasteiger partial charge in [0.05, 0.1) is 18.8 Å². The number of ether oxygens (including phenoxy) is 1. The molecule has 1 fully saturated rings. The summed E-state index contributed by atoms with van der Waals surface area (Å²) in [6, 6.07) is 1.66. The van der Waals surface area contributed by atoms with Gasteiger partial charge in [0.2, 0.25) is 0 Å². The highest BCUT2D eigenvalue weighted by Crippen LogP contribution is 2.12. The Morgan fingerprint density at radius 3 is 2.83 bits per heavy atom. The van der Waals surface area contributed by atoms with Crippen LogP contribution in [0, 0.1) is 5.92 Å². The van der Waals surface area contributed by atoms with Crippen molar-refractivity contribution in [3.63, 3.8) is 0 Å². The number of nitrogens with one attached hydrogen (secondary N) is 1. The molecule has 1 aliphatic rings. The Morgan fingerprint density at radius 1 is 1.28 bits per heavy atom. The number of rotatable bonds is 3. The number of hydrogen-bond donors (Lipinski definition) is 1. The lowest BCUT2D eigenvalue weighted by Gasteiger charge is -2.25. The van der Waals surface area contributed by atoms with Crippen LogP contribution in [0.25, 0.3) is 11.2 Å². The van der Waals surface area contributed by atoms with Crippen LogP contribution < -0.4 is 5.32 Å². The average molecular weight is 244 g/mol. The molecule has 1 aliphatic heterocycles. The third-order valence-electron chi connectivity index (χ3n) is 2.88. The molecule has 2 aromatic rings. The highest BCUT2D eigenvalue weighted by atomic mass is 16.5. The van der Waals surface area contributed by atoms with E-state index >= 15 is 0 Å². The molecule has 3 rings (SSSR count). The lowest BCUT2D eigenvalue weighted by molar-refractivity contribution is -0.0298. The fraction of sp³-hybridized carbons (Fsp3) is 0.333. The molecular weight excluding hydrogens is 232 g/mol. The van der Waals surface area contributed by atoms with Crippen LogP contribution in [-0.2, 0) is 4.74 Å². The second-order valence-electron chi connectivity index (χ2n) is 4.20. The predicted octanol–water partition coefficient (Wildman–Crippen LogP) is 0.401. The Balaban J connectivity index is 1.81. The largest absolute Gasteiger partial charge is 0.381 e. The average Bonchev–Trinajstić information content (AvgIpc) is 2.36. The Labute approximate surface area is 103 Å². The van der Waals surface area contributed by atoms with E-state index in [1.165, 1.54) is 0 Å². The van der Waals surface area contributed by atoms with E-state index in [0.717, 1.165) is 13.2 Å². The van der Waals surface area contributed by atoms with Crippen molar-refractivity contribution in [3.05, 3.63) is 30.2 Å². The Hall–Kier alpha value is -2.08. The van der Waals surface area contributed by atoms with E-state index in [1.54, 1.807) is 24.7 Å². The number of amides is 1. The van der Waals surface area contributed by atoms with Crippen molar-refractivity contribution in [2.75, 3.05) is 19.8 Å². The van der Waals surface area contributed by atoms with E-state index in [1.807, 2.05) is 0 Å². The Morgan fingerprint density at radius 2 is 2.06 bits per heavy atom. The summed E-state index contributed by atoms with van der Waals surface area (Å²) in [6.45, 7) is 2.07. The van der Waals surface area contributed by atoms with Gasteiger partial charge in [0, 0.05) is 31.1 Å². The van der Waals surface area contributed by atoms with Crippen molar-refractivity contribution >= 4 is 17.1 Å². The predicted molar refractivity (Wildman–Crippen MR) is 64.0 cm³/mol. The minimum atomic E-state index is -0.144. The zero-order valence-electron chi connectivity index (χ0n) is 9.67. The second kappa shape index (κ2) is 4.66. The van der Waals surface area contributed by atoms with Crippen LogP contribution in [0.5, 0.6) is 0 Å². The highest BCUT2D eigenvalue weighted by molar-refractivity contribution is 6.03. The van der Waals surface area contributed by atoms with Crippen molar-refractivity contribution in [2.24, 2.45) is 5.92 Å². The van der Waals surface area contributed by atoms with E-state index in [-0.39, 0.29) is 5.91 Å². The van der Waals surface area contributed by atoms with Crippen molar-refractivity contribution in [3.8, 4) is 0 Å². The summed E-state index contributed by atoms with van der Waals surface area (Å²) >= 11 is 0. The molecule has 0 unspecified atom stereocenters. The van der Waals surface area contributed by atoms with Gasteiger partial charge in [-0.2, -0.15) is 0 Å². The van der Waals surface area contributed by atoms with Crippen LogP contribution in [0.3, 0.4) is 0 Å². The van der Waals surface area contributed by atoms with E-state index in [0.29, 0.717) is 29.2 Å². The number of nitrogens with zero attached hydrogens (tertiary/aromatic N) is 3. The molecular formula is C12H12N4O2. The first-order valence-corrected chi connectivity index (χ1v) is 5.76. The molecule has 6 heteroatoms. The minimum Gasteiger partial charge on any atom is -0.381 e. The lowest BCUT2D eigenvalue weighted by Crippen LogP contribution is -2.39. The van der Waals surface area contributed by atoms with Gasteiger partial charge in [-0.3, -0.25) is 9.78 Å². The van der Waals surface area contributed by atoms with Gasteiger partial charge >= 0.3 is 0 Å².